The van der Waals surface area contributed by atoms with Crippen LogP contribution in [-0.4, -0.2) is 26.2 Å². The minimum absolute atomic E-state index is 0.0164. The number of nitrogens with zero attached hydrogens (tertiary/aromatic N) is 3. The summed E-state index contributed by atoms with van der Waals surface area (Å²) in [5.74, 6) is 0.898. The molecule has 0 unspecified atom stereocenters. The summed E-state index contributed by atoms with van der Waals surface area (Å²) in [7, 11) is 0. The molecule has 0 atom stereocenters. The molecule has 0 saturated heterocycles. The van der Waals surface area contributed by atoms with Gasteiger partial charge in [0, 0.05) is 25.2 Å². The lowest BCUT2D eigenvalue weighted by atomic mass is 10.1. The zero-order valence-electron chi connectivity index (χ0n) is 14.4. The number of amides is 1. The van der Waals surface area contributed by atoms with Gasteiger partial charge in [0.25, 0.3) is 5.91 Å². The van der Waals surface area contributed by atoms with Crippen LogP contribution in [-0.2, 0) is 13.0 Å². The first kappa shape index (κ1) is 16.2. The second-order valence-electron chi connectivity index (χ2n) is 6.20. The molecule has 0 aliphatic rings. The van der Waals surface area contributed by atoms with Crippen LogP contribution in [0.3, 0.4) is 0 Å². The third-order valence-corrected chi connectivity index (χ3v) is 4.22. The summed E-state index contributed by atoms with van der Waals surface area (Å²) in [6, 6.07) is 16.1. The number of fused-ring (bicyclic) bond motifs is 1. The Morgan fingerprint density at radius 2 is 1.83 bits per heavy atom. The third kappa shape index (κ3) is 3.04. The number of imidazole rings is 1. The second-order valence-corrected chi connectivity index (χ2v) is 6.20. The molecule has 1 aromatic carbocycles. The summed E-state index contributed by atoms with van der Waals surface area (Å²) in [5, 5.41) is 0. The van der Waals surface area contributed by atoms with Gasteiger partial charge in [-0.1, -0.05) is 43.3 Å². The molecule has 0 spiro atoms. The van der Waals surface area contributed by atoms with Crippen molar-refractivity contribution in [1.82, 2.24) is 14.3 Å². The van der Waals surface area contributed by atoms with E-state index in [0.717, 1.165) is 23.3 Å². The van der Waals surface area contributed by atoms with Gasteiger partial charge in [-0.05, 0) is 31.5 Å². The van der Waals surface area contributed by atoms with Crippen LogP contribution in [0.2, 0.25) is 0 Å². The van der Waals surface area contributed by atoms with Crippen LogP contribution in [0.25, 0.3) is 5.52 Å². The summed E-state index contributed by atoms with van der Waals surface area (Å²) in [5.41, 5.74) is 2.54. The minimum Gasteiger partial charge on any atom is -0.330 e. The van der Waals surface area contributed by atoms with Crippen molar-refractivity contribution in [2.45, 2.75) is 39.8 Å². The monoisotopic (exact) mass is 321 g/mol. The molecule has 4 heteroatoms. The topological polar surface area (TPSA) is 37.6 Å². The lowest BCUT2D eigenvalue weighted by Crippen LogP contribution is -2.36. The summed E-state index contributed by atoms with van der Waals surface area (Å²) in [6.07, 6.45) is 2.76. The number of rotatable bonds is 5. The van der Waals surface area contributed by atoms with E-state index in [1.54, 1.807) is 0 Å². The molecule has 0 fully saturated rings. The normalized spacial score (nSPS) is 11.2. The van der Waals surface area contributed by atoms with E-state index in [-0.39, 0.29) is 11.9 Å². The lowest BCUT2D eigenvalue weighted by molar-refractivity contribution is 0.0687. The Hall–Kier alpha value is -2.62. The maximum atomic E-state index is 13.2. The van der Waals surface area contributed by atoms with E-state index in [1.807, 2.05) is 77.9 Å². The van der Waals surface area contributed by atoms with E-state index < -0.39 is 0 Å². The van der Waals surface area contributed by atoms with Crippen molar-refractivity contribution in [2.24, 2.45) is 0 Å². The fourth-order valence-corrected chi connectivity index (χ4v) is 2.91. The number of aryl methyl sites for hydroxylation is 1. The highest BCUT2D eigenvalue weighted by Crippen LogP contribution is 2.18. The van der Waals surface area contributed by atoms with Gasteiger partial charge in [-0.2, -0.15) is 0 Å². The Labute approximate surface area is 142 Å². The van der Waals surface area contributed by atoms with Crippen LogP contribution in [0, 0.1) is 0 Å². The first-order chi connectivity index (χ1) is 11.6. The van der Waals surface area contributed by atoms with Gasteiger partial charge in [0.05, 0.1) is 5.52 Å². The van der Waals surface area contributed by atoms with E-state index >= 15 is 0 Å². The van der Waals surface area contributed by atoms with E-state index in [2.05, 4.69) is 11.9 Å². The minimum atomic E-state index is -0.0164. The largest absolute Gasteiger partial charge is 0.330 e. The summed E-state index contributed by atoms with van der Waals surface area (Å²) < 4.78 is 2.01. The molecule has 0 N–H and O–H groups in total. The van der Waals surface area contributed by atoms with E-state index in [9.17, 15) is 4.79 Å². The van der Waals surface area contributed by atoms with Gasteiger partial charge in [-0.15, -0.1) is 0 Å². The summed E-state index contributed by atoms with van der Waals surface area (Å²) in [6.45, 7) is 6.73. The fourth-order valence-electron chi connectivity index (χ4n) is 2.91. The van der Waals surface area contributed by atoms with Crippen LogP contribution < -0.4 is 0 Å². The molecule has 24 heavy (non-hydrogen) atoms. The van der Waals surface area contributed by atoms with Crippen molar-refractivity contribution in [1.29, 1.82) is 0 Å². The first-order valence-corrected chi connectivity index (χ1v) is 8.42. The highest BCUT2D eigenvalue weighted by molar-refractivity contribution is 5.99. The predicted molar refractivity (Wildman–Crippen MR) is 96.0 cm³/mol. The van der Waals surface area contributed by atoms with Gasteiger partial charge in [0.1, 0.15) is 5.82 Å². The van der Waals surface area contributed by atoms with Crippen molar-refractivity contribution >= 4 is 11.4 Å². The van der Waals surface area contributed by atoms with Gasteiger partial charge in [0.2, 0.25) is 0 Å². The molecule has 0 radical (unpaired) electrons. The Balaban J connectivity index is 1.99. The summed E-state index contributed by atoms with van der Waals surface area (Å²) >= 11 is 0. The highest BCUT2D eigenvalue weighted by Gasteiger charge is 2.24. The Morgan fingerprint density at radius 1 is 1.12 bits per heavy atom. The molecule has 2 heterocycles. The molecule has 2 aromatic heterocycles. The molecule has 0 saturated carbocycles. The van der Waals surface area contributed by atoms with Crippen LogP contribution >= 0.6 is 0 Å². The quantitative estimate of drug-likeness (QED) is 0.713. The molecule has 0 bridgehead atoms. The van der Waals surface area contributed by atoms with Crippen molar-refractivity contribution < 1.29 is 4.79 Å². The smallest absolute Gasteiger partial charge is 0.275 e. The highest BCUT2D eigenvalue weighted by atomic mass is 16.2. The van der Waals surface area contributed by atoms with Gasteiger partial charge >= 0.3 is 0 Å². The van der Waals surface area contributed by atoms with E-state index in [0.29, 0.717) is 12.2 Å². The van der Waals surface area contributed by atoms with Crippen molar-refractivity contribution in [2.75, 3.05) is 0 Å². The van der Waals surface area contributed by atoms with Crippen molar-refractivity contribution in [3.05, 3.63) is 71.8 Å². The fraction of sp³-hybridized carbons (Fsp3) is 0.300. The van der Waals surface area contributed by atoms with Gasteiger partial charge in [0.15, 0.2) is 5.69 Å². The van der Waals surface area contributed by atoms with Crippen LogP contribution in [0.15, 0.2) is 54.7 Å². The maximum Gasteiger partial charge on any atom is 0.275 e. The maximum absolute atomic E-state index is 13.2. The number of carbonyl (C=O) groups is 1. The molecule has 0 aliphatic heterocycles. The Bertz CT molecular complexity index is 836. The van der Waals surface area contributed by atoms with Crippen molar-refractivity contribution in [3.8, 4) is 0 Å². The van der Waals surface area contributed by atoms with E-state index in [4.69, 9.17) is 0 Å². The summed E-state index contributed by atoms with van der Waals surface area (Å²) in [4.78, 5) is 19.7. The SMILES string of the molecule is CCc1nc(C(=O)N(Cc2ccccc2)C(C)C)c2ccccn12. The predicted octanol–water partition coefficient (Wildman–Crippen LogP) is 3.95. The van der Waals surface area contributed by atoms with Gasteiger partial charge < -0.3 is 9.30 Å². The van der Waals surface area contributed by atoms with Gasteiger partial charge in [-0.3, -0.25) is 4.79 Å². The molecule has 4 nitrogen and oxygen atoms in total. The molecule has 124 valence electrons. The zero-order valence-corrected chi connectivity index (χ0v) is 14.4. The number of hydrogen-bond acceptors (Lipinski definition) is 2. The van der Waals surface area contributed by atoms with E-state index in [1.165, 1.54) is 0 Å². The second kappa shape index (κ2) is 6.87. The van der Waals surface area contributed by atoms with Gasteiger partial charge in [-0.25, -0.2) is 4.98 Å². The Morgan fingerprint density at radius 3 is 2.50 bits per heavy atom. The number of pyridine rings is 1. The number of carbonyl (C=O) groups excluding carboxylic acids is 1. The average Bonchev–Trinajstić information content (AvgIpc) is 2.98. The molecule has 3 aromatic rings. The molecule has 3 rings (SSSR count). The zero-order chi connectivity index (χ0) is 17.1. The van der Waals surface area contributed by atoms with Crippen LogP contribution in [0.5, 0.6) is 0 Å². The molecule has 0 aliphatic carbocycles. The number of hydrogen-bond donors (Lipinski definition) is 0. The standard InChI is InChI=1S/C20H23N3O/c1-4-18-21-19(17-12-8-9-13-22(17)18)20(24)23(15(2)3)14-16-10-6-5-7-11-16/h5-13,15H,4,14H2,1-3H3. The lowest BCUT2D eigenvalue weighted by Gasteiger charge is -2.26. The van der Waals surface area contributed by atoms with Crippen molar-refractivity contribution in [3.63, 3.8) is 0 Å². The Kier molecular flexibility index (Phi) is 4.65. The molecular formula is C20H23N3O. The number of benzene rings is 1. The first-order valence-electron chi connectivity index (χ1n) is 8.42. The number of aromatic nitrogens is 2. The van der Waals surface area contributed by atoms with Crippen LogP contribution in [0.1, 0.15) is 42.6 Å². The molecular weight excluding hydrogens is 298 g/mol. The molecule has 1 amide bonds. The van der Waals surface area contributed by atoms with Crippen LogP contribution in [0.4, 0.5) is 0 Å². The average molecular weight is 321 g/mol. The third-order valence-electron chi connectivity index (χ3n) is 4.22.